The van der Waals surface area contributed by atoms with Crippen molar-refractivity contribution >= 4 is 40.0 Å². The van der Waals surface area contributed by atoms with Gasteiger partial charge in [0.15, 0.2) is 5.96 Å². The molecular weight excluding hydrogens is 451 g/mol. The van der Waals surface area contributed by atoms with E-state index >= 15 is 0 Å². The molecule has 0 atom stereocenters. The third-order valence-electron chi connectivity index (χ3n) is 4.44. The van der Waals surface area contributed by atoms with Gasteiger partial charge in [0, 0.05) is 26.7 Å². The Morgan fingerprint density at radius 1 is 1.20 bits per heavy atom. The summed E-state index contributed by atoms with van der Waals surface area (Å²) in [7, 11) is 0.0172. The van der Waals surface area contributed by atoms with E-state index in [-0.39, 0.29) is 29.7 Å². The van der Waals surface area contributed by atoms with Gasteiger partial charge in [-0.05, 0) is 36.9 Å². The second-order valence-corrected chi connectivity index (χ2v) is 8.28. The summed E-state index contributed by atoms with van der Waals surface area (Å²) in [6.45, 7) is 5.06. The molecule has 1 aliphatic heterocycles. The first-order valence-electron chi connectivity index (χ1n) is 8.38. The molecule has 1 heterocycles. The number of guanidine groups is 1. The van der Waals surface area contributed by atoms with Gasteiger partial charge in [-0.25, -0.2) is 13.1 Å². The first-order chi connectivity index (χ1) is 11.4. The number of piperidine rings is 1. The predicted molar refractivity (Wildman–Crippen MR) is 114 cm³/mol. The van der Waals surface area contributed by atoms with Crippen molar-refractivity contribution in [3.63, 3.8) is 0 Å². The number of halogens is 1. The molecule has 0 saturated carbocycles. The van der Waals surface area contributed by atoms with Crippen LogP contribution in [0.25, 0.3) is 0 Å². The summed E-state index contributed by atoms with van der Waals surface area (Å²) in [6.07, 6.45) is 2.41. The summed E-state index contributed by atoms with van der Waals surface area (Å²) in [4.78, 5) is 6.67. The molecule has 0 bridgehead atoms. The van der Waals surface area contributed by atoms with Crippen LogP contribution in [0.1, 0.15) is 30.9 Å². The lowest BCUT2D eigenvalue weighted by Crippen LogP contribution is -2.45. The number of aliphatic imine (C=N–C) groups is 1. The Hall–Kier alpha value is -0.870. The minimum absolute atomic E-state index is 0. The summed E-state index contributed by atoms with van der Waals surface area (Å²) < 4.78 is 25.5. The molecule has 2 rings (SSSR count). The zero-order valence-electron chi connectivity index (χ0n) is 15.2. The van der Waals surface area contributed by atoms with E-state index in [1.54, 1.807) is 0 Å². The first kappa shape index (κ1) is 22.2. The van der Waals surface area contributed by atoms with Gasteiger partial charge in [-0.2, -0.15) is 0 Å². The van der Waals surface area contributed by atoms with Crippen LogP contribution in [0.15, 0.2) is 29.3 Å². The van der Waals surface area contributed by atoms with Crippen LogP contribution in [-0.4, -0.2) is 46.5 Å². The summed E-state index contributed by atoms with van der Waals surface area (Å²) in [5.41, 5.74) is 1.88. The van der Waals surface area contributed by atoms with Gasteiger partial charge in [0.05, 0.1) is 5.75 Å². The van der Waals surface area contributed by atoms with Crippen molar-refractivity contribution in [3.05, 3.63) is 35.4 Å². The lowest BCUT2D eigenvalue weighted by molar-refractivity contribution is 0.273. The summed E-state index contributed by atoms with van der Waals surface area (Å²) in [5, 5.41) is 3.39. The molecule has 0 amide bonds. The monoisotopic (exact) mass is 480 g/mol. The van der Waals surface area contributed by atoms with Gasteiger partial charge in [0.25, 0.3) is 0 Å². The molecular formula is C17H29IN4O2S. The van der Waals surface area contributed by atoms with E-state index in [0.29, 0.717) is 6.54 Å². The van der Waals surface area contributed by atoms with E-state index in [4.69, 9.17) is 0 Å². The van der Waals surface area contributed by atoms with Crippen LogP contribution in [0, 0.1) is 5.92 Å². The topological polar surface area (TPSA) is 73.8 Å². The average Bonchev–Trinajstić information content (AvgIpc) is 2.58. The van der Waals surface area contributed by atoms with Crippen molar-refractivity contribution in [1.82, 2.24) is 14.9 Å². The van der Waals surface area contributed by atoms with Crippen LogP contribution in [0.5, 0.6) is 0 Å². The van der Waals surface area contributed by atoms with E-state index < -0.39 is 10.0 Å². The van der Waals surface area contributed by atoms with Gasteiger partial charge in [-0.15, -0.1) is 24.0 Å². The van der Waals surface area contributed by atoms with Crippen LogP contribution in [0.4, 0.5) is 0 Å². The summed E-state index contributed by atoms with van der Waals surface area (Å²) in [5.74, 6) is 1.73. The lowest BCUT2D eigenvalue weighted by Gasteiger charge is -2.32. The van der Waals surface area contributed by atoms with Gasteiger partial charge in [-0.3, -0.25) is 4.99 Å². The second-order valence-electron chi connectivity index (χ2n) is 6.35. The molecule has 1 saturated heterocycles. The third kappa shape index (κ3) is 7.10. The lowest BCUT2D eigenvalue weighted by atomic mass is 9.99. The maximum atomic E-state index is 11.6. The van der Waals surface area contributed by atoms with E-state index in [1.165, 1.54) is 19.9 Å². The fraction of sp³-hybridized carbons (Fsp3) is 0.588. The van der Waals surface area contributed by atoms with E-state index in [9.17, 15) is 8.42 Å². The Morgan fingerprint density at radius 3 is 2.28 bits per heavy atom. The number of benzene rings is 1. The fourth-order valence-electron chi connectivity index (χ4n) is 2.78. The molecule has 6 nitrogen and oxygen atoms in total. The normalized spacial score (nSPS) is 16.4. The van der Waals surface area contributed by atoms with Gasteiger partial charge in [-0.1, -0.05) is 31.2 Å². The number of sulfonamides is 1. The van der Waals surface area contributed by atoms with Crippen LogP contribution in [-0.2, 0) is 22.3 Å². The van der Waals surface area contributed by atoms with Crippen LogP contribution < -0.4 is 10.0 Å². The third-order valence-corrected chi connectivity index (χ3v) is 5.77. The molecule has 0 aliphatic carbocycles. The van der Waals surface area contributed by atoms with Crippen LogP contribution in [0.2, 0.25) is 0 Å². The van der Waals surface area contributed by atoms with Gasteiger partial charge in [0.2, 0.25) is 10.0 Å². The van der Waals surface area contributed by atoms with E-state index in [0.717, 1.165) is 36.1 Å². The maximum absolute atomic E-state index is 11.6. The maximum Gasteiger partial charge on any atom is 0.215 e. The fourth-order valence-corrected chi connectivity index (χ4v) is 3.55. The standard InChI is InChI=1S/C17H28N4O2S.HI/c1-14-8-10-21(11-9-14)17(18-2)20-12-15-4-6-16(7-5-15)13-24(22,23)19-3;/h4-7,14,19H,8-13H2,1-3H3,(H,18,20);1H. The molecule has 142 valence electrons. The smallest absolute Gasteiger partial charge is 0.215 e. The molecule has 0 spiro atoms. The Balaban J connectivity index is 0.00000312. The molecule has 1 aromatic rings. The quantitative estimate of drug-likeness (QED) is 0.385. The highest BCUT2D eigenvalue weighted by molar-refractivity contribution is 14.0. The predicted octanol–water partition coefficient (Wildman–Crippen LogP) is 2.16. The Labute approximate surface area is 168 Å². The van der Waals surface area contributed by atoms with Crippen molar-refractivity contribution in [2.24, 2.45) is 10.9 Å². The molecule has 2 N–H and O–H groups in total. The minimum atomic E-state index is -3.23. The number of hydrogen-bond donors (Lipinski definition) is 2. The number of likely N-dealkylation sites (tertiary alicyclic amines) is 1. The zero-order chi connectivity index (χ0) is 17.6. The summed E-state index contributed by atoms with van der Waals surface area (Å²) in [6, 6.07) is 7.63. The molecule has 1 fully saturated rings. The zero-order valence-corrected chi connectivity index (χ0v) is 18.3. The highest BCUT2D eigenvalue weighted by Crippen LogP contribution is 2.16. The molecule has 8 heteroatoms. The van der Waals surface area contributed by atoms with Crippen LogP contribution in [0.3, 0.4) is 0 Å². The Bertz CT molecular complexity index is 654. The van der Waals surface area contributed by atoms with E-state index in [2.05, 4.69) is 26.9 Å². The van der Waals surface area contributed by atoms with Gasteiger partial charge >= 0.3 is 0 Å². The van der Waals surface area contributed by atoms with Crippen molar-refractivity contribution in [2.75, 3.05) is 27.2 Å². The van der Waals surface area contributed by atoms with Gasteiger partial charge in [0.1, 0.15) is 0 Å². The van der Waals surface area contributed by atoms with E-state index in [1.807, 2.05) is 31.3 Å². The minimum Gasteiger partial charge on any atom is -0.352 e. The SMILES string of the molecule is CN=C(NCc1ccc(CS(=O)(=O)NC)cc1)N1CCC(C)CC1.I. The van der Waals surface area contributed by atoms with Crippen LogP contribution >= 0.6 is 24.0 Å². The molecule has 0 radical (unpaired) electrons. The largest absolute Gasteiger partial charge is 0.352 e. The first-order valence-corrected chi connectivity index (χ1v) is 10.0. The number of rotatable bonds is 5. The van der Waals surface area contributed by atoms with Gasteiger partial charge < -0.3 is 10.2 Å². The number of nitrogens with one attached hydrogen (secondary N) is 2. The molecule has 1 aliphatic rings. The molecule has 25 heavy (non-hydrogen) atoms. The highest BCUT2D eigenvalue weighted by atomic mass is 127. The van der Waals surface area contributed by atoms with Crippen molar-refractivity contribution in [2.45, 2.75) is 32.1 Å². The Morgan fingerprint density at radius 2 is 1.76 bits per heavy atom. The highest BCUT2D eigenvalue weighted by Gasteiger charge is 2.18. The Kier molecular flexibility index (Phi) is 9.15. The van der Waals surface area contributed by atoms with Crippen molar-refractivity contribution < 1.29 is 8.42 Å². The van der Waals surface area contributed by atoms with Crippen molar-refractivity contribution in [3.8, 4) is 0 Å². The number of hydrogen-bond acceptors (Lipinski definition) is 3. The number of nitrogens with zero attached hydrogens (tertiary/aromatic N) is 2. The molecule has 1 aromatic carbocycles. The molecule has 0 unspecified atom stereocenters. The average molecular weight is 480 g/mol. The molecule has 0 aromatic heterocycles. The second kappa shape index (κ2) is 10.3. The van der Waals surface area contributed by atoms with Crippen molar-refractivity contribution in [1.29, 1.82) is 0 Å². The summed E-state index contributed by atoms with van der Waals surface area (Å²) >= 11 is 0.